The molecule has 2 aromatic carbocycles. The van der Waals surface area contributed by atoms with Crippen LogP contribution in [0.4, 0.5) is 0 Å². The molecule has 0 bridgehead atoms. The highest BCUT2D eigenvalue weighted by Gasteiger charge is 2.23. The van der Waals surface area contributed by atoms with Gasteiger partial charge >= 0.3 is 0 Å². The van der Waals surface area contributed by atoms with Gasteiger partial charge in [0.05, 0.1) is 23.0 Å². The molecule has 0 saturated carbocycles. The molecule has 0 radical (unpaired) electrons. The number of amides is 2. The minimum atomic E-state index is -1.25. The predicted octanol–water partition coefficient (Wildman–Crippen LogP) is 2.40. The molecule has 1 N–H and O–H groups in total. The SMILES string of the molecule is COc1cc(C=C2SC(NC(C)=O)=NC2=O)cc(Cl)c1OCc1ccc(C(=O)[O-])cc1. The highest BCUT2D eigenvalue weighted by molar-refractivity contribution is 8.18. The summed E-state index contributed by atoms with van der Waals surface area (Å²) in [5.74, 6) is -1.39. The van der Waals surface area contributed by atoms with Crippen molar-refractivity contribution in [3.8, 4) is 11.5 Å². The van der Waals surface area contributed by atoms with Crippen molar-refractivity contribution in [2.75, 3.05) is 7.11 Å². The van der Waals surface area contributed by atoms with Gasteiger partial charge in [0, 0.05) is 6.92 Å². The molecule has 2 aromatic rings. The topological polar surface area (TPSA) is 117 Å². The Morgan fingerprint density at radius 3 is 2.58 bits per heavy atom. The molecule has 0 atom stereocenters. The molecule has 2 amide bonds. The number of carboxylic acid groups (broad SMARTS) is 1. The van der Waals surface area contributed by atoms with Gasteiger partial charge in [-0.1, -0.05) is 35.9 Å². The van der Waals surface area contributed by atoms with Gasteiger partial charge in [0.25, 0.3) is 5.91 Å². The number of aliphatic imine (C=N–C) groups is 1. The van der Waals surface area contributed by atoms with Gasteiger partial charge in [0.15, 0.2) is 16.7 Å². The average molecular weight is 460 g/mol. The van der Waals surface area contributed by atoms with E-state index in [0.717, 1.165) is 17.3 Å². The molecule has 31 heavy (non-hydrogen) atoms. The van der Waals surface area contributed by atoms with Crippen molar-refractivity contribution in [3.63, 3.8) is 0 Å². The van der Waals surface area contributed by atoms with E-state index in [2.05, 4.69) is 10.3 Å². The van der Waals surface area contributed by atoms with Gasteiger partial charge in [-0.05, 0) is 46.7 Å². The van der Waals surface area contributed by atoms with Gasteiger partial charge in [-0.25, -0.2) is 0 Å². The number of rotatable bonds is 6. The fourth-order valence-corrected chi connectivity index (χ4v) is 3.75. The van der Waals surface area contributed by atoms with E-state index in [4.69, 9.17) is 21.1 Å². The first-order chi connectivity index (χ1) is 14.8. The molecular formula is C21H16ClN2O6S-. The summed E-state index contributed by atoms with van der Waals surface area (Å²) in [6.07, 6.45) is 1.59. The number of benzene rings is 2. The minimum absolute atomic E-state index is 0.0710. The largest absolute Gasteiger partial charge is 0.545 e. The first-order valence-corrected chi connectivity index (χ1v) is 10.1. The van der Waals surface area contributed by atoms with E-state index >= 15 is 0 Å². The number of nitrogens with zero attached hydrogens (tertiary/aromatic N) is 1. The Bertz CT molecular complexity index is 1110. The van der Waals surface area contributed by atoms with Gasteiger partial charge < -0.3 is 24.7 Å². The molecule has 0 spiro atoms. The van der Waals surface area contributed by atoms with Crippen LogP contribution in [0.2, 0.25) is 5.02 Å². The predicted molar refractivity (Wildman–Crippen MR) is 115 cm³/mol. The van der Waals surface area contributed by atoms with Crippen molar-refractivity contribution in [1.82, 2.24) is 5.32 Å². The van der Waals surface area contributed by atoms with Crippen molar-refractivity contribution in [3.05, 3.63) is 63.0 Å². The second kappa shape index (κ2) is 9.67. The Hall–Kier alpha value is -3.30. The van der Waals surface area contributed by atoms with Crippen molar-refractivity contribution < 1.29 is 29.0 Å². The molecule has 10 heteroatoms. The molecule has 0 aliphatic carbocycles. The van der Waals surface area contributed by atoms with Gasteiger partial charge in [0.1, 0.15) is 6.61 Å². The maximum atomic E-state index is 12.0. The van der Waals surface area contributed by atoms with E-state index < -0.39 is 11.9 Å². The van der Waals surface area contributed by atoms with Crippen LogP contribution in [0, 0.1) is 0 Å². The van der Waals surface area contributed by atoms with Crippen LogP contribution in [0.15, 0.2) is 46.3 Å². The Morgan fingerprint density at radius 2 is 1.97 bits per heavy atom. The Kier molecular flexibility index (Phi) is 6.98. The van der Waals surface area contributed by atoms with Gasteiger partial charge in [-0.2, -0.15) is 4.99 Å². The quantitative estimate of drug-likeness (QED) is 0.659. The zero-order chi connectivity index (χ0) is 22.5. The standard InChI is InChI=1S/C21H17ClN2O6S/c1-11(25)23-21-24-19(26)17(31-21)9-13-7-15(22)18(16(8-13)29-2)30-10-12-3-5-14(6-4-12)20(27)28/h3-9H,10H2,1-2H3,(H,27,28)(H,23,24,25,26)/p-1. The summed E-state index contributed by atoms with van der Waals surface area (Å²) >= 11 is 7.41. The molecular weight excluding hydrogens is 444 g/mol. The summed E-state index contributed by atoms with van der Waals surface area (Å²) in [7, 11) is 1.46. The Balaban J connectivity index is 1.77. The van der Waals surface area contributed by atoms with Gasteiger partial charge in [-0.3, -0.25) is 9.59 Å². The molecule has 0 saturated heterocycles. The maximum Gasteiger partial charge on any atom is 0.286 e. The van der Waals surface area contributed by atoms with Crippen LogP contribution in [0.3, 0.4) is 0 Å². The molecule has 0 fully saturated rings. The van der Waals surface area contributed by atoms with E-state index in [0.29, 0.717) is 22.0 Å². The fraction of sp³-hybridized carbons (Fsp3) is 0.143. The normalized spacial score (nSPS) is 14.4. The van der Waals surface area contributed by atoms with Crippen molar-refractivity contribution in [1.29, 1.82) is 0 Å². The molecule has 1 aliphatic heterocycles. The van der Waals surface area contributed by atoms with Crippen LogP contribution in [0.1, 0.15) is 28.4 Å². The molecule has 0 unspecified atom stereocenters. The lowest BCUT2D eigenvalue weighted by atomic mass is 10.1. The zero-order valence-electron chi connectivity index (χ0n) is 16.4. The smallest absolute Gasteiger partial charge is 0.286 e. The summed E-state index contributed by atoms with van der Waals surface area (Å²) in [4.78, 5) is 38.1. The number of amidine groups is 1. The number of carbonyl (C=O) groups is 3. The summed E-state index contributed by atoms with van der Waals surface area (Å²) in [5, 5.41) is 13.8. The third-order valence-corrected chi connectivity index (χ3v) is 5.21. The number of carboxylic acids is 1. The summed E-state index contributed by atoms with van der Waals surface area (Å²) < 4.78 is 11.1. The van der Waals surface area contributed by atoms with Crippen molar-refractivity contribution >= 4 is 52.4 Å². The van der Waals surface area contributed by atoms with Gasteiger partial charge in [-0.15, -0.1) is 0 Å². The monoisotopic (exact) mass is 459 g/mol. The molecule has 3 rings (SSSR count). The van der Waals surface area contributed by atoms with Crippen LogP contribution in [-0.4, -0.2) is 30.1 Å². The summed E-state index contributed by atoms with van der Waals surface area (Å²) in [5.41, 5.74) is 1.38. The lowest BCUT2D eigenvalue weighted by Crippen LogP contribution is -2.23. The van der Waals surface area contributed by atoms with Crippen LogP contribution >= 0.6 is 23.4 Å². The van der Waals surface area contributed by atoms with Crippen molar-refractivity contribution in [2.24, 2.45) is 4.99 Å². The number of thioether (sulfide) groups is 1. The molecule has 160 valence electrons. The van der Waals surface area contributed by atoms with E-state index in [9.17, 15) is 19.5 Å². The number of hydrogen-bond donors (Lipinski definition) is 1. The number of aromatic carboxylic acids is 1. The first kappa shape index (κ1) is 22.4. The zero-order valence-corrected chi connectivity index (χ0v) is 18.0. The lowest BCUT2D eigenvalue weighted by molar-refractivity contribution is -0.255. The highest BCUT2D eigenvalue weighted by Crippen LogP contribution is 2.38. The fourth-order valence-electron chi connectivity index (χ4n) is 2.62. The number of carbonyl (C=O) groups excluding carboxylic acids is 3. The van der Waals surface area contributed by atoms with E-state index in [1.807, 2.05) is 0 Å². The van der Waals surface area contributed by atoms with E-state index in [1.54, 1.807) is 30.3 Å². The number of ether oxygens (including phenoxy) is 2. The Labute approximate surface area is 186 Å². The number of halogens is 1. The van der Waals surface area contributed by atoms with Crippen molar-refractivity contribution in [2.45, 2.75) is 13.5 Å². The van der Waals surface area contributed by atoms with Crippen LogP contribution in [0.25, 0.3) is 6.08 Å². The van der Waals surface area contributed by atoms with Gasteiger partial charge in [0.2, 0.25) is 5.91 Å². The maximum absolute atomic E-state index is 12.0. The second-order valence-corrected chi connectivity index (χ2v) is 7.76. The highest BCUT2D eigenvalue weighted by atomic mass is 35.5. The lowest BCUT2D eigenvalue weighted by Gasteiger charge is -2.14. The summed E-state index contributed by atoms with van der Waals surface area (Å²) in [6.45, 7) is 1.46. The summed E-state index contributed by atoms with van der Waals surface area (Å²) in [6, 6.07) is 9.33. The van der Waals surface area contributed by atoms with E-state index in [-0.39, 0.29) is 28.3 Å². The molecule has 1 heterocycles. The van der Waals surface area contributed by atoms with Crippen LogP contribution < -0.4 is 19.9 Å². The number of nitrogens with one attached hydrogen (secondary N) is 1. The van der Waals surface area contributed by atoms with E-state index in [1.165, 1.54) is 26.2 Å². The minimum Gasteiger partial charge on any atom is -0.545 e. The number of methoxy groups -OCH3 is 1. The van der Waals surface area contributed by atoms with Crippen LogP contribution in [0.5, 0.6) is 11.5 Å². The Morgan fingerprint density at radius 1 is 1.26 bits per heavy atom. The third kappa shape index (κ3) is 5.65. The molecule has 1 aliphatic rings. The van der Waals surface area contributed by atoms with Crippen LogP contribution in [-0.2, 0) is 16.2 Å². The average Bonchev–Trinajstić information content (AvgIpc) is 3.04. The first-order valence-electron chi connectivity index (χ1n) is 8.87. The molecule has 8 nitrogen and oxygen atoms in total. The third-order valence-electron chi connectivity index (χ3n) is 4.03. The second-order valence-electron chi connectivity index (χ2n) is 6.32. The molecule has 0 aromatic heterocycles. The number of hydrogen-bond acceptors (Lipinski definition) is 7.